The average molecular weight is 248 g/mol. The highest BCUT2D eigenvalue weighted by atomic mass is 32.2. The zero-order valence-electron chi connectivity index (χ0n) is 10.4. The van der Waals surface area contributed by atoms with Gasteiger partial charge in [0.15, 0.2) is 9.84 Å². The molecule has 1 aliphatic heterocycles. The van der Waals surface area contributed by atoms with Crippen molar-refractivity contribution < 1.29 is 8.42 Å². The molecule has 0 atom stereocenters. The minimum atomic E-state index is -2.80. The van der Waals surface area contributed by atoms with E-state index in [9.17, 15) is 8.42 Å². The van der Waals surface area contributed by atoms with Gasteiger partial charge in [-0.25, -0.2) is 8.42 Å². The summed E-state index contributed by atoms with van der Waals surface area (Å²) in [5.74, 6) is 1.25. The molecule has 1 rings (SSSR count). The van der Waals surface area contributed by atoms with E-state index in [-0.39, 0.29) is 11.5 Å². The van der Waals surface area contributed by atoms with E-state index in [1.54, 1.807) is 6.92 Å². The Morgan fingerprint density at radius 1 is 1.31 bits per heavy atom. The predicted octanol–water partition coefficient (Wildman–Crippen LogP) is 0.353. The van der Waals surface area contributed by atoms with E-state index in [0.29, 0.717) is 6.54 Å². The summed E-state index contributed by atoms with van der Waals surface area (Å²) < 4.78 is 22.5. The molecular formula is C11H24N2O2S. The summed E-state index contributed by atoms with van der Waals surface area (Å²) in [7, 11) is -0.652. The molecule has 0 bridgehead atoms. The average Bonchev–Trinajstić information content (AvgIpc) is 2.27. The molecule has 1 aliphatic rings. The first-order valence-corrected chi connectivity index (χ1v) is 7.95. The van der Waals surface area contributed by atoms with E-state index in [1.165, 1.54) is 25.9 Å². The lowest BCUT2D eigenvalue weighted by Gasteiger charge is -2.29. The van der Waals surface area contributed by atoms with Crippen molar-refractivity contribution in [3.8, 4) is 0 Å². The molecule has 0 saturated carbocycles. The zero-order chi connectivity index (χ0) is 12.0. The van der Waals surface area contributed by atoms with Gasteiger partial charge in [-0.2, -0.15) is 0 Å². The topological polar surface area (TPSA) is 49.4 Å². The van der Waals surface area contributed by atoms with Crippen LogP contribution < -0.4 is 5.32 Å². The van der Waals surface area contributed by atoms with E-state index in [4.69, 9.17) is 0 Å². The molecule has 0 aromatic heterocycles. The van der Waals surface area contributed by atoms with Crippen molar-refractivity contribution in [2.24, 2.45) is 5.92 Å². The molecular weight excluding hydrogens is 224 g/mol. The highest BCUT2D eigenvalue weighted by molar-refractivity contribution is 7.91. The molecule has 0 aromatic carbocycles. The lowest BCUT2D eigenvalue weighted by atomic mass is 9.97. The van der Waals surface area contributed by atoms with Crippen LogP contribution in [-0.2, 0) is 9.84 Å². The van der Waals surface area contributed by atoms with Crippen LogP contribution in [0.4, 0.5) is 0 Å². The van der Waals surface area contributed by atoms with Crippen molar-refractivity contribution in [3.63, 3.8) is 0 Å². The maximum Gasteiger partial charge on any atom is 0.151 e. The summed E-state index contributed by atoms with van der Waals surface area (Å²) in [6, 6.07) is 0. The van der Waals surface area contributed by atoms with Gasteiger partial charge in [0.2, 0.25) is 0 Å². The molecule has 0 amide bonds. The van der Waals surface area contributed by atoms with Crippen molar-refractivity contribution in [1.82, 2.24) is 10.2 Å². The van der Waals surface area contributed by atoms with Crippen LogP contribution in [-0.4, -0.2) is 58.1 Å². The van der Waals surface area contributed by atoms with E-state index in [0.717, 1.165) is 12.5 Å². The first-order valence-electron chi connectivity index (χ1n) is 6.13. The van der Waals surface area contributed by atoms with E-state index in [1.807, 2.05) is 0 Å². The van der Waals surface area contributed by atoms with Crippen LogP contribution in [0.5, 0.6) is 0 Å². The summed E-state index contributed by atoms with van der Waals surface area (Å²) in [6.45, 7) is 5.60. The van der Waals surface area contributed by atoms with Gasteiger partial charge in [0.05, 0.1) is 5.75 Å². The van der Waals surface area contributed by atoms with Gasteiger partial charge in [-0.3, -0.25) is 0 Å². The van der Waals surface area contributed by atoms with Crippen molar-refractivity contribution in [1.29, 1.82) is 0 Å². The SMILES string of the molecule is CCS(=O)(=O)CCNCC1CCN(C)CC1. The van der Waals surface area contributed by atoms with E-state index < -0.39 is 9.84 Å². The molecule has 0 aliphatic carbocycles. The van der Waals surface area contributed by atoms with Crippen LogP contribution in [0.15, 0.2) is 0 Å². The summed E-state index contributed by atoms with van der Waals surface area (Å²) in [5, 5.41) is 3.26. The highest BCUT2D eigenvalue weighted by Gasteiger charge is 2.16. The first-order chi connectivity index (χ1) is 7.53. The van der Waals surface area contributed by atoms with Gasteiger partial charge in [-0.1, -0.05) is 6.92 Å². The molecule has 5 heteroatoms. The Bertz CT molecular complexity index is 282. The molecule has 1 heterocycles. The standard InChI is InChI=1S/C11H24N2O2S/c1-3-16(14,15)9-6-12-10-11-4-7-13(2)8-5-11/h11-12H,3-10H2,1-2H3. The van der Waals surface area contributed by atoms with Gasteiger partial charge in [0.25, 0.3) is 0 Å². The third kappa shape index (κ3) is 5.27. The van der Waals surface area contributed by atoms with Gasteiger partial charge in [0, 0.05) is 12.3 Å². The smallest absolute Gasteiger partial charge is 0.151 e. The fourth-order valence-corrected chi connectivity index (χ4v) is 2.69. The minimum absolute atomic E-state index is 0.253. The molecule has 4 nitrogen and oxygen atoms in total. The van der Waals surface area contributed by atoms with E-state index in [2.05, 4.69) is 17.3 Å². The number of rotatable bonds is 6. The number of hydrogen-bond donors (Lipinski definition) is 1. The second kappa shape index (κ2) is 6.57. The van der Waals surface area contributed by atoms with Crippen LogP contribution >= 0.6 is 0 Å². The molecule has 0 unspecified atom stereocenters. The van der Waals surface area contributed by atoms with Gasteiger partial charge >= 0.3 is 0 Å². The van der Waals surface area contributed by atoms with Crippen LogP contribution in [0.2, 0.25) is 0 Å². The van der Waals surface area contributed by atoms with Crippen molar-refractivity contribution in [2.75, 3.05) is 44.7 Å². The van der Waals surface area contributed by atoms with Crippen LogP contribution in [0.3, 0.4) is 0 Å². The lowest BCUT2D eigenvalue weighted by molar-refractivity contribution is 0.217. The Balaban J connectivity index is 2.08. The summed E-state index contributed by atoms with van der Waals surface area (Å²) in [6.07, 6.45) is 2.45. The fourth-order valence-electron chi connectivity index (χ4n) is 1.94. The zero-order valence-corrected chi connectivity index (χ0v) is 11.2. The normalized spacial score (nSPS) is 20.1. The summed E-state index contributed by atoms with van der Waals surface area (Å²) >= 11 is 0. The second-order valence-electron chi connectivity index (χ2n) is 4.69. The van der Waals surface area contributed by atoms with E-state index >= 15 is 0 Å². The van der Waals surface area contributed by atoms with Gasteiger partial charge < -0.3 is 10.2 Å². The quantitative estimate of drug-likeness (QED) is 0.689. The maximum absolute atomic E-state index is 11.2. The summed E-state index contributed by atoms with van der Waals surface area (Å²) in [5.41, 5.74) is 0. The van der Waals surface area contributed by atoms with Gasteiger partial charge in [0.1, 0.15) is 0 Å². The monoisotopic (exact) mass is 248 g/mol. The molecule has 1 fully saturated rings. The molecule has 16 heavy (non-hydrogen) atoms. The number of sulfone groups is 1. The number of hydrogen-bond acceptors (Lipinski definition) is 4. The Hall–Kier alpha value is -0.130. The largest absolute Gasteiger partial charge is 0.315 e. The Labute approximate surface area is 99.3 Å². The summed E-state index contributed by atoms with van der Waals surface area (Å²) in [4.78, 5) is 2.35. The molecule has 1 N–H and O–H groups in total. The molecule has 0 aromatic rings. The van der Waals surface area contributed by atoms with Crippen LogP contribution in [0.25, 0.3) is 0 Å². The van der Waals surface area contributed by atoms with Crippen LogP contribution in [0.1, 0.15) is 19.8 Å². The third-order valence-corrected chi connectivity index (χ3v) is 5.01. The van der Waals surface area contributed by atoms with Gasteiger partial charge in [-0.15, -0.1) is 0 Å². The Morgan fingerprint density at radius 2 is 1.94 bits per heavy atom. The van der Waals surface area contributed by atoms with Crippen molar-refractivity contribution in [3.05, 3.63) is 0 Å². The third-order valence-electron chi connectivity index (χ3n) is 3.30. The van der Waals surface area contributed by atoms with Crippen molar-refractivity contribution in [2.45, 2.75) is 19.8 Å². The number of piperidine rings is 1. The minimum Gasteiger partial charge on any atom is -0.315 e. The maximum atomic E-state index is 11.2. The number of nitrogens with zero attached hydrogens (tertiary/aromatic N) is 1. The molecule has 96 valence electrons. The molecule has 1 saturated heterocycles. The number of likely N-dealkylation sites (tertiary alicyclic amines) is 1. The second-order valence-corrected chi connectivity index (χ2v) is 7.16. The highest BCUT2D eigenvalue weighted by Crippen LogP contribution is 2.14. The predicted molar refractivity (Wildman–Crippen MR) is 67.4 cm³/mol. The Morgan fingerprint density at radius 3 is 2.50 bits per heavy atom. The lowest BCUT2D eigenvalue weighted by Crippen LogP contribution is -2.36. The molecule has 0 spiro atoms. The van der Waals surface area contributed by atoms with Gasteiger partial charge in [-0.05, 0) is 45.4 Å². The molecule has 0 radical (unpaired) electrons. The van der Waals surface area contributed by atoms with Crippen molar-refractivity contribution >= 4 is 9.84 Å². The Kier molecular flexibility index (Phi) is 5.72. The number of nitrogens with one attached hydrogen (secondary N) is 1. The fraction of sp³-hybridized carbons (Fsp3) is 1.00. The first kappa shape index (κ1) is 13.9. The van der Waals surface area contributed by atoms with Crippen LogP contribution in [0, 0.1) is 5.92 Å².